The van der Waals surface area contributed by atoms with E-state index >= 15 is 0 Å². The molecule has 21 heavy (non-hydrogen) atoms. The average molecular weight is 291 g/mol. The van der Waals surface area contributed by atoms with E-state index in [0.717, 1.165) is 19.3 Å². The Morgan fingerprint density at radius 1 is 1.14 bits per heavy atom. The van der Waals surface area contributed by atoms with E-state index in [0.29, 0.717) is 24.1 Å². The van der Waals surface area contributed by atoms with Crippen LogP contribution >= 0.6 is 0 Å². The van der Waals surface area contributed by atoms with E-state index in [1.54, 1.807) is 0 Å². The molecule has 1 aromatic carbocycles. The SMILES string of the molecule is CCCOc1ccccc1OCC(=O)NC1CCCCC1. The zero-order chi connectivity index (χ0) is 14.9. The summed E-state index contributed by atoms with van der Waals surface area (Å²) >= 11 is 0. The molecule has 1 aromatic rings. The molecule has 0 heterocycles. The van der Waals surface area contributed by atoms with Crippen LogP contribution in [0.2, 0.25) is 0 Å². The van der Waals surface area contributed by atoms with Crippen LogP contribution in [0.4, 0.5) is 0 Å². The molecule has 2 rings (SSSR count). The zero-order valence-electron chi connectivity index (χ0n) is 12.8. The number of nitrogens with one attached hydrogen (secondary N) is 1. The molecule has 4 heteroatoms. The minimum atomic E-state index is -0.0489. The first-order valence-electron chi connectivity index (χ1n) is 7.93. The van der Waals surface area contributed by atoms with Crippen molar-refractivity contribution in [2.45, 2.75) is 51.5 Å². The van der Waals surface area contributed by atoms with Gasteiger partial charge >= 0.3 is 0 Å². The summed E-state index contributed by atoms with van der Waals surface area (Å²) in [6, 6.07) is 7.80. The van der Waals surface area contributed by atoms with Crippen LogP contribution in [-0.4, -0.2) is 25.2 Å². The predicted octanol–water partition coefficient (Wildman–Crippen LogP) is 3.30. The van der Waals surface area contributed by atoms with Crippen molar-refractivity contribution in [2.75, 3.05) is 13.2 Å². The Labute approximate surface area is 126 Å². The molecule has 1 fully saturated rings. The van der Waals surface area contributed by atoms with Crippen molar-refractivity contribution in [1.82, 2.24) is 5.32 Å². The monoisotopic (exact) mass is 291 g/mol. The Hall–Kier alpha value is -1.71. The second-order valence-corrected chi connectivity index (χ2v) is 5.49. The van der Waals surface area contributed by atoms with Crippen molar-refractivity contribution in [1.29, 1.82) is 0 Å². The number of para-hydroxylation sites is 2. The summed E-state index contributed by atoms with van der Waals surface area (Å²) in [6.45, 7) is 2.75. The third kappa shape index (κ3) is 5.29. The number of carbonyl (C=O) groups is 1. The Morgan fingerprint density at radius 3 is 2.48 bits per heavy atom. The summed E-state index contributed by atoms with van der Waals surface area (Å²) in [5.41, 5.74) is 0. The van der Waals surface area contributed by atoms with Crippen LogP contribution < -0.4 is 14.8 Å². The van der Waals surface area contributed by atoms with Gasteiger partial charge in [0.25, 0.3) is 5.91 Å². The molecular formula is C17H25NO3. The first kappa shape index (κ1) is 15.7. The van der Waals surface area contributed by atoms with Crippen molar-refractivity contribution in [3.8, 4) is 11.5 Å². The molecule has 0 aromatic heterocycles. The lowest BCUT2D eigenvalue weighted by Crippen LogP contribution is -2.39. The van der Waals surface area contributed by atoms with Gasteiger partial charge in [0.2, 0.25) is 0 Å². The molecule has 0 atom stereocenters. The van der Waals surface area contributed by atoms with Crippen LogP contribution in [0.3, 0.4) is 0 Å². The molecule has 4 nitrogen and oxygen atoms in total. The van der Waals surface area contributed by atoms with E-state index in [1.807, 2.05) is 24.3 Å². The quantitative estimate of drug-likeness (QED) is 0.838. The van der Waals surface area contributed by atoms with Gasteiger partial charge in [0, 0.05) is 6.04 Å². The van der Waals surface area contributed by atoms with Gasteiger partial charge in [0.1, 0.15) is 0 Å². The van der Waals surface area contributed by atoms with Gasteiger partial charge < -0.3 is 14.8 Å². The van der Waals surface area contributed by atoms with Gasteiger partial charge in [-0.05, 0) is 31.4 Å². The summed E-state index contributed by atoms with van der Waals surface area (Å²) < 4.78 is 11.2. The Morgan fingerprint density at radius 2 is 1.81 bits per heavy atom. The molecule has 0 spiro atoms. The van der Waals surface area contributed by atoms with Crippen molar-refractivity contribution < 1.29 is 14.3 Å². The molecule has 1 aliphatic rings. The van der Waals surface area contributed by atoms with Crippen LogP contribution in [0.25, 0.3) is 0 Å². The van der Waals surface area contributed by atoms with E-state index in [-0.39, 0.29) is 12.5 Å². The maximum atomic E-state index is 11.9. The van der Waals surface area contributed by atoms with Crippen LogP contribution in [-0.2, 0) is 4.79 Å². The molecule has 1 aliphatic carbocycles. The molecule has 0 saturated heterocycles. The fourth-order valence-electron chi connectivity index (χ4n) is 2.56. The molecule has 0 unspecified atom stereocenters. The first-order valence-corrected chi connectivity index (χ1v) is 7.93. The molecule has 1 saturated carbocycles. The number of carbonyl (C=O) groups excluding carboxylic acids is 1. The van der Waals surface area contributed by atoms with Gasteiger partial charge in [-0.2, -0.15) is 0 Å². The average Bonchev–Trinajstić information content (AvgIpc) is 2.52. The number of ether oxygens (including phenoxy) is 2. The van der Waals surface area contributed by atoms with E-state index in [2.05, 4.69) is 12.2 Å². The normalized spacial score (nSPS) is 15.5. The Kier molecular flexibility index (Phi) is 6.38. The fourth-order valence-corrected chi connectivity index (χ4v) is 2.56. The highest BCUT2D eigenvalue weighted by Gasteiger charge is 2.16. The largest absolute Gasteiger partial charge is 0.490 e. The molecule has 1 amide bonds. The highest BCUT2D eigenvalue weighted by Crippen LogP contribution is 2.26. The van der Waals surface area contributed by atoms with Gasteiger partial charge in [-0.15, -0.1) is 0 Å². The maximum Gasteiger partial charge on any atom is 0.258 e. The minimum absolute atomic E-state index is 0.0446. The van der Waals surface area contributed by atoms with Crippen molar-refractivity contribution in [3.05, 3.63) is 24.3 Å². The van der Waals surface area contributed by atoms with Crippen molar-refractivity contribution in [2.24, 2.45) is 0 Å². The van der Waals surface area contributed by atoms with Gasteiger partial charge in [0.15, 0.2) is 18.1 Å². The third-order valence-electron chi connectivity index (χ3n) is 3.64. The smallest absolute Gasteiger partial charge is 0.258 e. The number of benzene rings is 1. The minimum Gasteiger partial charge on any atom is -0.490 e. The molecule has 116 valence electrons. The Bertz CT molecular complexity index is 441. The molecule has 0 radical (unpaired) electrons. The number of hydrogen-bond acceptors (Lipinski definition) is 3. The summed E-state index contributed by atoms with van der Waals surface area (Å²) in [7, 11) is 0. The lowest BCUT2D eigenvalue weighted by Gasteiger charge is -2.22. The number of hydrogen-bond donors (Lipinski definition) is 1. The number of amides is 1. The van der Waals surface area contributed by atoms with Gasteiger partial charge in [-0.3, -0.25) is 4.79 Å². The molecule has 0 aliphatic heterocycles. The summed E-state index contributed by atoms with van der Waals surface area (Å²) in [5.74, 6) is 1.28. The topological polar surface area (TPSA) is 47.6 Å². The van der Waals surface area contributed by atoms with Crippen LogP contribution in [0.1, 0.15) is 45.4 Å². The van der Waals surface area contributed by atoms with Gasteiger partial charge in [-0.1, -0.05) is 38.3 Å². The summed E-state index contributed by atoms with van der Waals surface area (Å²) in [5, 5.41) is 3.05. The van der Waals surface area contributed by atoms with E-state index in [9.17, 15) is 4.79 Å². The van der Waals surface area contributed by atoms with Crippen molar-refractivity contribution in [3.63, 3.8) is 0 Å². The highest BCUT2D eigenvalue weighted by molar-refractivity contribution is 5.77. The Balaban J connectivity index is 1.80. The van der Waals surface area contributed by atoms with E-state index in [4.69, 9.17) is 9.47 Å². The fraction of sp³-hybridized carbons (Fsp3) is 0.588. The van der Waals surface area contributed by atoms with Crippen LogP contribution in [0, 0.1) is 0 Å². The lowest BCUT2D eigenvalue weighted by atomic mass is 9.95. The van der Waals surface area contributed by atoms with Crippen LogP contribution in [0.5, 0.6) is 11.5 Å². The predicted molar refractivity (Wildman–Crippen MR) is 82.7 cm³/mol. The second kappa shape index (κ2) is 8.55. The third-order valence-corrected chi connectivity index (χ3v) is 3.64. The summed E-state index contributed by atoms with van der Waals surface area (Å²) in [4.78, 5) is 11.9. The van der Waals surface area contributed by atoms with Gasteiger partial charge in [-0.25, -0.2) is 0 Å². The van der Waals surface area contributed by atoms with Crippen LogP contribution in [0.15, 0.2) is 24.3 Å². The first-order chi connectivity index (χ1) is 10.3. The highest BCUT2D eigenvalue weighted by atomic mass is 16.5. The number of rotatable bonds is 7. The van der Waals surface area contributed by atoms with Crippen molar-refractivity contribution >= 4 is 5.91 Å². The standard InChI is InChI=1S/C17H25NO3/c1-2-12-20-15-10-6-7-11-16(15)21-13-17(19)18-14-8-4-3-5-9-14/h6-7,10-11,14H,2-5,8-9,12-13H2,1H3,(H,18,19). The maximum absolute atomic E-state index is 11.9. The zero-order valence-corrected chi connectivity index (χ0v) is 12.8. The van der Waals surface area contributed by atoms with E-state index < -0.39 is 0 Å². The summed E-state index contributed by atoms with van der Waals surface area (Å²) in [6.07, 6.45) is 6.81. The second-order valence-electron chi connectivity index (χ2n) is 5.49. The lowest BCUT2D eigenvalue weighted by molar-refractivity contribution is -0.124. The molecule has 1 N–H and O–H groups in total. The molecular weight excluding hydrogens is 266 g/mol. The van der Waals surface area contributed by atoms with Gasteiger partial charge in [0.05, 0.1) is 6.61 Å². The van der Waals surface area contributed by atoms with E-state index in [1.165, 1.54) is 19.3 Å². The molecule has 0 bridgehead atoms.